The second-order valence-corrected chi connectivity index (χ2v) is 6.03. The summed E-state index contributed by atoms with van der Waals surface area (Å²) in [6.45, 7) is 7.55. The minimum Gasteiger partial charge on any atom is -0.333 e. The fraction of sp³-hybridized carbons (Fsp3) is 0.438. The second kappa shape index (κ2) is 5.88. The van der Waals surface area contributed by atoms with Crippen LogP contribution in [0.4, 0.5) is 0 Å². The normalized spacial score (nSPS) is 21.9. The Morgan fingerprint density at radius 3 is 2.68 bits per heavy atom. The van der Waals surface area contributed by atoms with Crippen LogP contribution in [0.15, 0.2) is 30.6 Å². The van der Waals surface area contributed by atoms with Gasteiger partial charge in [0.05, 0.1) is 5.69 Å². The van der Waals surface area contributed by atoms with Crippen LogP contribution in [0.3, 0.4) is 0 Å². The molecule has 1 fully saturated rings. The Labute approximate surface area is 130 Å². The average molecular weight is 299 g/mol. The number of carbonyl (C=O) groups is 1. The number of aryl methyl sites for hydroxylation is 1. The molecule has 0 spiro atoms. The third-order valence-electron chi connectivity index (χ3n) is 3.79. The number of hydrogen-bond donors (Lipinski definition) is 1. The van der Waals surface area contributed by atoms with Gasteiger partial charge in [-0.15, -0.1) is 5.10 Å². The molecule has 116 valence electrons. The van der Waals surface area contributed by atoms with E-state index in [1.54, 1.807) is 11.0 Å². The van der Waals surface area contributed by atoms with Crippen LogP contribution < -0.4 is 5.32 Å². The van der Waals surface area contributed by atoms with Gasteiger partial charge in [-0.3, -0.25) is 4.79 Å². The summed E-state index contributed by atoms with van der Waals surface area (Å²) in [6.07, 6.45) is 1.59. The minimum absolute atomic E-state index is 0.105. The molecular formula is C16H21N5O. The SMILES string of the molecule is Cc1cccc(-n2cnc(C(=O)N3C[C@@H](C)N[C@@H](C)C3)n2)c1. The predicted octanol–water partition coefficient (Wildman–Crippen LogP) is 1.40. The quantitative estimate of drug-likeness (QED) is 0.910. The lowest BCUT2D eigenvalue weighted by Gasteiger charge is -2.35. The molecule has 2 heterocycles. The molecule has 6 nitrogen and oxygen atoms in total. The fourth-order valence-corrected chi connectivity index (χ4v) is 2.89. The molecule has 1 amide bonds. The molecule has 0 bridgehead atoms. The van der Waals surface area contributed by atoms with Crippen molar-refractivity contribution in [1.82, 2.24) is 25.0 Å². The molecule has 3 rings (SSSR count). The zero-order valence-corrected chi connectivity index (χ0v) is 13.2. The number of carbonyl (C=O) groups excluding carboxylic acids is 1. The molecule has 1 aromatic carbocycles. The van der Waals surface area contributed by atoms with Gasteiger partial charge in [0.2, 0.25) is 5.82 Å². The van der Waals surface area contributed by atoms with Crippen LogP contribution >= 0.6 is 0 Å². The maximum absolute atomic E-state index is 12.6. The van der Waals surface area contributed by atoms with Crippen molar-refractivity contribution in [2.75, 3.05) is 13.1 Å². The van der Waals surface area contributed by atoms with Gasteiger partial charge in [-0.2, -0.15) is 0 Å². The molecular weight excluding hydrogens is 278 g/mol. The number of piperazine rings is 1. The number of hydrogen-bond acceptors (Lipinski definition) is 4. The summed E-state index contributed by atoms with van der Waals surface area (Å²) in [4.78, 5) is 18.6. The number of aromatic nitrogens is 3. The van der Waals surface area contributed by atoms with Crippen molar-refractivity contribution in [3.63, 3.8) is 0 Å². The highest BCUT2D eigenvalue weighted by Gasteiger charge is 2.27. The number of amides is 1. The lowest BCUT2D eigenvalue weighted by molar-refractivity contribution is 0.0661. The summed E-state index contributed by atoms with van der Waals surface area (Å²) in [5.41, 5.74) is 2.05. The van der Waals surface area contributed by atoms with Crippen molar-refractivity contribution in [1.29, 1.82) is 0 Å². The lowest BCUT2D eigenvalue weighted by atomic mass is 10.1. The summed E-state index contributed by atoms with van der Waals surface area (Å²) < 4.78 is 1.65. The Balaban J connectivity index is 1.80. The number of nitrogens with one attached hydrogen (secondary N) is 1. The topological polar surface area (TPSA) is 63.1 Å². The van der Waals surface area contributed by atoms with Crippen molar-refractivity contribution in [2.24, 2.45) is 0 Å². The van der Waals surface area contributed by atoms with Gasteiger partial charge in [-0.05, 0) is 38.5 Å². The molecule has 2 atom stereocenters. The van der Waals surface area contributed by atoms with Crippen LogP contribution in [0.25, 0.3) is 5.69 Å². The van der Waals surface area contributed by atoms with E-state index in [4.69, 9.17) is 0 Å². The van der Waals surface area contributed by atoms with E-state index in [9.17, 15) is 4.79 Å². The predicted molar refractivity (Wildman–Crippen MR) is 84.1 cm³/mol. The summed E-state index contributed by atoms with van der Waals surface area (Å²) in [5, 5.41) is 7.75. The first-order valence-corrected chi connectivity index (χ1v) is 7.57. The summed E-state index contributed by atoms with van der Waals surface area (Å²) >= 11 is 0. The highest BCUT2D eigenvalue weighted by molar-refractivity contribution is 5.90. The van der Waals surface area contributed by atoms with Crippen molar-refractivity contribution < 1.29 is 4.79 Å². The van der Waals surface area contributed by atoms with Crippen molar-refractivity contribution in [2.45, 2.75) is 32.9 Å². The molecule has 0 unspecified atom stereocenters. The van der Waals surface area contributed by atoms with Gasteiger partial charge in [0.25, 0.3) is 5.91 Å². The zero-order chi connectivity index (χ0) is 15.7. The van der Waals surface area contributed by atoms with E-state index in [-0.39, 0.29) is 23.8 Å². The van der Waals surface area contributed by atoms with E-state index in [0.717, 1.165) is 11.3 Å². The van der Waals surface area contributed by atoms with Crippen LogP contribution in [0.1, 0.15) is 30.0 Å². The highest BCUT2D eigenvalue weighted by atomic mass is 16.2. The molecule has 1 saturated heterocycles. The van der Waals surface area contributed by atoms with E-state index in [1.807, 2.05) is 36.1 Å². The summed E-state index contributed by atoms with van der Waals surface area (Å²) in [5.74, 6) is 0.148. The van der Waals surface area contributed by atoms with Crippen molar-refractivity contribution in [3.8, 4) is 5.69 Å². The first-order chi connectivity index (χ1) is 10.5. The highest BCUT2D eigenvalue weighted by Crippen LogP contribution is 2.11. The van der Waals surface area contributed by atoms with Gasteiger partial charge in [-0.1, -0.05) is 12.1 Å². The van der Waals surface area contributed by atoms with E-state index in [1.165, 1.54) is 0 Å². The minimum atomic E-state index is -0.105. The van der Waals surface area contributed by atoms with Crippen LogP contribution in [-0.4, -0.2) is 50.7 Å². The van der Waals surface area contributed by atoms with Gasteiger partial charge < -0.3 is 10.2 Å². The second-order valence-electron chi connectivity index (χ2n) is 6.03. The van der Waals surface area contributed by atoms with Gasteiger partial charge in [-0.25, -0.2) is 9.67 Å². The Morgan fingerprint density at radius 2 is 2.00 bits per heavy atom. The first kappa shape index (κ1) is 14.7. The van der Waals surface area contributed by atoms with E-state index in [0.29, 0.717) is 13.1 Å². The van der Waals surface area contributed by atoms with Gasteiger partial charge in [0.1, 0.15) is 6.33 Å². The Morgan fingerprint density at radius 1 is 1.27 bits per heavy atom. The summed E-state index contributed by atoms with van der Waals surface area (Å²) in [7, 11) is 0. The van der Waals surface area contributed by atoms with E-state index < -0.39 is 0 Å². The number of nitrogens with zero attached hydrogens (tertiary/aromatic N) is 4. The monoisotopic (exact) mass is 299 g/mol. The fourth-order valence-electron chi connectivity index (χ4n) is 2.89. The Hall–Kier alpha value is -2.21. The molecule has 0 aliphatic carbocycles. The van der Waals surface area contributed by atoms with E-state index in [2.05, 4.69) is 29.2 Å². The summed E-state index contributed by atoms with van der Waals surface area (Å²) in [6, 6.07) is 8.52. The number of rotatable bonds is 2. The largest absolute Gasteiger partial charge is 0.333 e. The Bertz CT molecular complexity index is 671. The molecule has 6 heteroatoms. The molecule has 1 aromatic heterocycles. The Kier molecular flexibility index (Phi) is 3.94. The maximum Gasteiger partial charge on any atom is 0.293 e. The third kappa shape index (κ3) is 3.01. The first-order valence-electron chi connectivity index (χ1n) is 7.57. The molecule has 1 aliphatic heterocycles. The van der Waals surface area contributed by atoms with Crippen LogP contribution in [0, 0.1) is 6.92 Å². The smallest absolute Gasteiger partial charge is 0.293 e. The third-order valence-corrected chi connectivity index (χ3v) is 3.79. The van der Waals surface area contributed by atoms with Crippen LogP contribution in [0.2, 0.25) is 0 Å². The zero-order valence-electron chi connectivity index (χ0n) is 13.2. The lowest BCUT2D eigenvalue weighted by Crippen LogP contribution is -2.56. The number of benzene rings is 1. The maximum atomic E-state index is 12.6. The molecule has 1 aliphatic rings. The molecule has 2 aromatic rings. The molecule has 22 heavy (non-hydrogen) atoms. The van der Waals surface area contributed by atoms with Crippen LogP contribution in [-0.2, 0) is 0 Å². The van der Waals surface area contributed by atoms with E-state index >= 15 is 0 Å². The molecule has 1 N–H and O–H groups in total. The van der Waals surface area contributed by atoms with Crippen molar-refractivity contribution >= 4 is 5.91 Å². The van der Waals surface area contributed by atoms with Crippen LogP contribution in [0.5, 0.6) is 0 Å². The van der Waals surface area contributed by atoms with Crippen molar-refractivity contribution in [3.05, 3.63) is 42.0 Å². The standard InChI is InChI=1S/C16H21N5O/c1-11-5-4-6-14(7-11)21-10-17-15(19-21)16(22)20-8-12(2)18-13(3)9-20/h4-7,10,12-13,18H,8-9H2,1-3H3/t12-,13+. The van der Waals surface area contributed by atoms with Gasteiger partial charge in [0.15, 0.2) is 0 Å². The molecule has 0 saturated carbocycles. The van der Waals surface area contributed by atoms with Gasteiger partial charge in [0, 0.05) is 25.2 Å². The molecule has 0 radical (unpaired) electrons. The van der Waals surface area contributed by atoms with Gasteiger partial charge >= 0.3 is 0 Å². The average Bonchev–Trinajstić information content (AvgIpc) is 2.95.